The van der Waals surface area contributed by atoms with Crippen LogP contribution >= 0.6 is 31.1 Å². The van der Waals surface area contributed by atoms with Crippen LogP contribution in [0, 0.1) is 5.41 Å². The van der Waals surface area contributed by atoms with Crippen LogP contribution in [0.1, 0.15) is 47.8 Å². The van der Waals surface area contributed by atoms with Crippen LogP contribution in [0.5, 0.6) is 0 Å². The molecule has 2 aromatic heterocycles. The zero-order chi connectivity index (χ0) is 32.3. The first kappa shape index (κ1) is 35.4. The molecule has 0 bridgehead atoms. The molecular weight excluding hydrogens is 631 g/mol. The Kier molecular flexibility index (Phi) is 11.5. The van der Waals surface area contributed by atoms with Gasteiger partial charge < -0.3 is 25.4 Å². The van der Waals surface area contributed by atoms with Crippen molar-refractivity contribution in [3.05, 3.63) is 16.7 Å². The van der Waals surface area contributed by atoms with Gasteiger partial charge in [0.05, 0.1) is 37.7 Å². The second-order valence-electron chi connectivity index (χ2n) is 11.0. The number of nitrogen functional groups attached to an aromatic ring is 1. The summed E-state index contributed by atoms with van der Waals surface area (Å²) in [7, 11) is -4.29. The summed E-state index contributed by atoms with van der Waals surface area (Å²) < 4.78 is 37.4. The number of aliphatic hydroxyl groups excluding tert-OH is 2. The molecule has 1 aliphatic rings. The Balaban J connectivity index is 1.76. The summed E-state index contributed by atoms with van der Waals surface area (Å²) in [6, 6.07) is -1.12. The van der Waals surface area contributed by atoms with Gasteiger partial charge in [0.1, 0.15) is 23.1 Å². The van der Waals surface area contributed by atoms with E-state index in [0.29, 0.717) is 0 Å². The van der Waals surface area contributed by atoms with Gasteiger partial charge >= 0.3 is 13.7 Å². The van der Waals surface area contributed by atoms with E-state index in [1.54, 1.807) is 27.7 Å². The highest BCUT2D eigenvalue weighted by atomic mass is 35.5. The number of alkyl halides is 1. The van der Waals surface area contributed by atoms with E-state index >= 15 is 0 Å². The van der Waals surface area contributed by atoms with Gasteiger partial charge in [-0.05, 0) is 41.5 Å². The van der Waals surface area contributed by atoms with E-state index in [0.717, 1.165) is 11.8 Å². The number of nitrogens with one attached hydrogen (secondary N) is 2. The van der Waals surface area contributed by atoms with Gasteiger partial charge in [0.15, 0.2) is 22.5 Å². The average Bonchev–Trinajstić information content (AvgIpc) is 3.42. The number of esters is 1. The number of ether oxygens (including phenoxy) is 2. The number of H-pyrrole nitrogens is 1. The van der Waals surface area contributed by atoms with Crippen molar-refractivity contribution in [1.29, 1.82) is 0 Å². The Morgan fingerprint density at radius 2 is 2.05 bits per heavy atom. The third kappa shape index (κ3) is 8.35. The smallest absolute Gasteiger partial charge is 0.406 e. The van der Waals surface area contributed by atoms with E-state index in [2.05, 4.69) is 20.0 Å². The Hall–Kier alpha value is -2.08. The lowest BCUT2D eigenvalue weighted by atomic mass is 9.97. The summed E-state index contributed by atoms with van der Waals surface area (Å²) in [4.78, 5) is 45.9. The zero-order valence-electron chi connectivity index (χ0n) is 24.6. The van der Waals surface area contributed by atoms with Gasteiger partial charge in [-0.25, -0.2) is 14.6 Å². The van der Waals surface area contributed by atoms with Crippen molar-refractivity contribution >= 4 is 59.3 Å². The van der Waals surface area contributed by atoms with E-state index in [4.69, 9.17) is 35.9 Å². The van der Waals surface area contributed by atoms with Crippen molar-refractivity contribution < 1.29 is 42.9 Å². The number of hydrogen-bond acceptors (Lipinski definition) is 14. The van der Waals surface area contributed by atoms with Crippen molar-refractivity contribution in [2.75, 3.05) is 31.3 Å². The number of rotatable bonds is 14. The van der Waals surface area contributed by atoms with E-state index < -0.39 is 66.8 Å². The van der Waals surface area contributed by atoms with Gasteiger partial charge in [-0.2, -0.15) is 4.98 Å². The van der Waals surface area contributed by atoms with Crippen LogP contribution in [0.15, 0.2) is 11.1 Å². The van der Waals surface area contributed by atoms with E-state index in [9.17, 15) is 29.2 Å². The molecule has 1 aliphatic heterocycles. The summed E-state index contributed by atoms with van der Waals surface area (Å²) >= 11 is 7.58. The predicted molar refractivity (Wildman–Crippen MR) is 158 cm³/mol. The van der Waals surface area contributed by atoms with Crippen molar-refractivity contribution in [3.8, 4) is 0 Å². The quantitative estimate of drug-likeness (QED) is 0.0827. The number of aromatic nitrogens is 4. The van der Waals surface area contributed by atoms with Crippen molar-refractivity contribution in [3.63, 3.8) is 0 Å². The van der Waals surface area contributed by atoms with Gasteiger partial charge in [-0.3, -0.25) is 33.0 Å². The maximum absolute atomic E-state index is 13.8. The molecule has 6 atom stereocenters. The molecule has 3 heterocycles. The fraction of sp³-hybridized carbons (Fsp3) is 0.708. The minimum absolute atomic E-state index is 0.0254. The molecule has 0 saturated carbocycles. The molecule has 0 aromatic carbocycles. The molecule has 0 radical (unpaired) electrons. The predicted octanol–water partition coefficient (Wildman–Crippen LogP) is 1.31. The SMILES string of the molecule is CC(C)OC(=O)[C@@H](C)N[P@@](=O)(OCCSC(=O)C(C)(C)CO)OC[C@H]1O[C@@H](n2cnc3c(=O)[nH]c(N)nc32)[C@](C)(Cl)[C@@H]1O. The molecule has 0 amide bonds. The molecule has 1 fully saturated rings. The average molecular weight is 669 g/mol. The molecule has 242 valence electrons. The molecule has 43 heavy (non-hydrogen) atoms. The number of hydrogen-bond donors (Lipinski definition) is 5. The Bertz CT molecular complexity index is 1420. The van der Waals surface area contributed by atoms with Crippen LogP contribution in [-0.2, 0) is 32.7 Å². The molecular formula is C24H38ClN6O10PS. The second-order valence-corrected chi connectivity index (χ2v) is 14.7. The molecule has 0 unspecified atom stereocenters. The molecule has 3 rings (SSSR count). The summed E-state index contributed by atoms with van der Waals surface area (Å²) in [6.45, 7) is 8.28. The van der Waals surface area contributed by atoms with Crippen LogP contribution in [0.2, 0.25) is 0 Å². The van der Waals surface area contributed by atoms with Gasteiger partial charge in [-0.15, -0.1) is 11.6 Å². The fourth-order valence-electron chi connectivity index (χ4n) is 3.92. The molecule has 0 aliphatic carbocycles. The highest BCUT2D eigenvalue weighted by Crippen LogP contribution is 2.48. The summed E-state index contributed by atoms with van der Waals surface area (Å²) in [5, 5.41) is 22.7. The lowest BCUT2D eigenvalue weighted by Gasteiger charge is -2.26. The van der Waals surface area contributed by atoms with Crippen molar-refractivity contribution in [2.45, 2.75) is 77.0 Å². The first-order chi connectivity index (χ1) is 19.9. The van der Waals surface area contributed by atoms with Crippen LogP contribution in [0.25, 0.3) is 11.2 Å². The maximum Gasteiger partial charge on any atom is 0.406 e. The number of carbonyl (C=O) groups excluding carboxylic acids is 2. The maximum atomic E-state index is 13.8. The monoisotopic (exact) mass is 668 g/mol. The molecule has 16 nitrogen and oxygen atoms in total. The number of fused-ring (bicyclic) bond motifs is 1. The largest absolute Gasteiger partial charge is 0.462 e. The normalized spacial score (nSPS) is 24.7. The van der Waals surface area contributed by atoms with E-state index in [1.807, 2.05) is 0 Å². The Morgan fingerprint density at radius 3 is 2.67 bits per heavy atom. The minimum Gasteiger partial charge on any atom is -0.462 e. The zero-order valence-corrected chi connectivity index (χ0v) is 27.1. The summed E-state index contributed by atoms with van der Waals surface area (Å²) in [6.07, 6.45) is -2.83. The number of nitrogens with two attached hydrogens (primary N) is 1. The standard InChI is InChI=1S/C24H38ClN6O10PS/c1-12(2)40-19(35)13(3)30-42(37,38-7-8-43-21(36)23(4,5)10-32)39-9-14-16(33)24(6,25)20(41-14)31-11-27-15-17(31)28-22(26)29-18(15)34/h11-14,16,20,32-33H,7-10H2,1-6H3,(H,30,37)(H3,26,28,29,34)/t13-,14-,16-,20-,24-,42-/m1/s1. The topological polar surface area (TPSA) is 230 Å². The summed E-state index contributed by atoms with van der Waals surface area (Å²) in [5.74, 6) is -0.811. The van der Waals surface area contributed by atoms with Crippen LogP contribution in [-0.4, -0.2) is 95.6 Å². The van der Waals surface area contributed by atoms with Crippen LogP contribution in [0.3, 0.4) is 0 Å². The number of carbonyl (C=O) groups is 2. The van der Waals surface area contributed by atoms with Crippen molar-refractivity contribution in [1.82, 2.24) is 24.6 Å². The first-order valence-corrected chi connectivity index (χ1v) is 16.2. The Labute approximate surface area is 256 Å². The fourth-order valence-corrected chi connectivity index (χ4v) is 6.63. The van der Waals surface area contributed by atoms with Crippen LogP contribution < -0.4 is 16.4 Å². The molecule has 0 spiro atoms. The van der Waals surface area contributed by atoms with Gasteiger partial charge in [-0.1, -0.05) is 11.8 Å². The van der Waals surface area contributed by atoms with Crippen molar-refractivity contribution in [2.24, 2.45) is 5.41 Å². The highest BCUT2D eigenvalue weighted by Gasteiger charge is 2.54. The highest BCUT2D eigenvalue weighted by molar-refractivity contribution is 8.13. The van der Waals surface area contributed by atoms with Gasteiger partial charge in [0.2, 0.25) is 5.95 Å². The third-order valence-corrected chi connectivity index (χ3v) is 9.72. The third-order valence-electron chi connectivity index (χ3n) is 6.41. The number of thioether (sulfide) groups is 1. The molecule has 2 aromatic rings. The second kappa shape index (κ2) is 13.9. The van der Waals surface area contributed by atoms with E-state index in [-0.39, 0.29) is 41.2 Å². The molecule has 6 N–H and O–H groups in total. The number of aliphatic hydroxyl groups is 2. The summed E-state index contributed by atoms with van der Waals surface area (Å²) in [5.41, 5.74) is 4.17. The lowest BCUT2D eigenvalue weighted by molar-refractivity contribution is -0.149. The lowest BCUT2D eigenvalue weighted by Crippen LogP contribution is -2.40. The Morgan fingerprint density at radius 1 is 1.37 bits per heavy atom. The number of anilines is 1. The number of imidazole rings is 1. The van der Waals surface area contributed by atoms with Crippen LogP contribution in [0.4, 0.5) is 5.95 Å². The molecule has 19 heteroatoms. The van der Waals surface area contributed by atoms with E-state index in [1.165, 1.54) is 24.7 Å². The number of aromatic amines is 1. The molecule has 1 saturated heterocycles. The number of nitrogens with zero attached hydrogens (tertiary/aromatic N) is 3. The first-order valence-electron chi connectivity index (χ1n) is 13.3. The minimum atomic E-state index is -4.29. The van der Waals surface area contributed by atoms with Gasteiger partial charge in [0.25, 0.3) is 5.56 Å². The van der Waals surface area contributed by atoms with Gasteiger partial charge in [0, 0.05) is 5.75 Å². The number of halogens is 1.